The van der Waals surface area contributed by atoms with Crippen molar-refractivity contribution < 1.29 is 9.53 Å². The van der Waals surface area contributed by atoms with E-state index in [1.165, 1.54) is 6.42 Å². The van der Waals surface area contributed by atoms with Crippen molar-refractivity contribution in [1.82, 2.24) is 9.80 Å². The molecule has 0 N–H and O–H groups in total. The highest BCUT2D eigenvalue weighted by Gasteiger charge is 2.49. The van der Waals surface area contributed by atoms with Crippen LogP contribution < -0.4 is 0 Å². The molecule has 3 unspecified atom stereocenters. The summed E-state index contributed by atoms with van der Waals surface area (Å²) < 4.78 is 6.07. The van der Waals surface area contributed by atoms with Crippen molar-refractivity contribution in [1.29, 1.82) is 0 Å². The number of thiophene rings is 1. The first-order valence-electron chi connectivity index (χ1n) is 7.26. The van der Waals surface area contributed by atoms with Crippen LogP contribution in [0.2, 0.25) is 0 Å². The van der Waals surface area contributed by atoms with Gasteiger partial charge in [0.05, 0.1) is 24.3 Å². The van der Waals surface area contributed by atoms with E-state index in [1.807, 2.05) is 21.7 Å². The lowest BCUT2D eigenvalue weighted by Gasteiger charge is -2.27. The van der Waals surface area contributed by atoms with Crippen LogP contribution in [0.1, 0.15) is 23.2 Å². The molecule has 2 fully saturated rings. The minimum atomic E-state index is 0.180. The summed E-state index contributed by atoms with van der Waals surface area (Å²) in [5.74, 6) is 0.712. The third kappa shape index (κ3) is 2.62. The van der Waals surface area contributed by atoms with Crippen LogP contribution in [-0.2, 0) is 4.74 Å². The summed E-state index contributed by atoms with van der Waals surface area (Å²) in [6, 6.07) is 2.20. The van der Waals surface area contributed by atoms with Gasteiger partial charge >= 0.3 is 0 Å². The van der Waals surface area contributed by atoms with Crippen molar-refractivity contribution in [3.8, 4) is 0 Å². The molecule has 2 heterocycles. The predicted octanol–water partition coefficient (Wildman–Crippen LogP) is 1.93. The molecule has 2 bridgehead atoms. The number of amides is 1. The summed E-state index contributed by atoms with van der Waals surface area (Å²) in [5, 5.41) is 3.91. The van der Waals surface area contributed by atoms with E-state index in [-0.39, 0.29) is 18.1 Å². The number of ether oxygens (including phenoxy) is 1. The topological polar surface area (TPSA) is 32.8 Å². The second-order valence-corrected chi connectivity index (χ2v) is 6.79. The molecule has 110 valence electrons. The van der Waals surface area contributed by atoms with Gasteiger partial charge in [-0.2, -0.15) is 11.3 Å². The highest BCUT2D eigenvalue weighted by atomic mass is 32.1. The minimum absolute atomic E-state index is 0.180. The summed E-state index contributed by atoms with van der Waals surface area (Å²) in [4.78, 5) is 16.7. The normalized spacial score (nSPS) is 28.6. The SMILES string of the molecule is CN(C)CCOC1C2CCC1N(C(=O)c1ccsc1)C2. The van der Waals surface area contributed by atoms with Crippen molar-refractivity contribution in [2.75, 3.05) is 33.8 Å². The lowest BCUT2D eigenvalue weighted by atomic mass is 10.1. The van der Waals surface area contributed by atoms with Gasteiger partial charge in [0.2, 0.25) is 0 Å². The number of likely N-dealkylation sites (tertiary alicyclic amines) is 1. The number of hydrogen-bond acceptors (Lipinski definition) is 4. The highest BCUT2D eigenvalue weighted by Crippen LogP contribution is 2.40. The van der Waals surface area contributed by atoms with Crippen LogP contribution in [0.3, 0.4) is 0 Å². The molecule has 4 nitrogen and oxygen atoms in total. The van der Waals surface area contributed by atoms with Gasteiger partial charge in [-0.15, -0.1) is 0 Å². The van der Waals surface area contributed by atoms with Gasteiger partial charge in [0.15, 0.2) is 0 Å². The standard InChI is InChI=1S/C15H22N2O2S/c1-16(2)6-7-19-14-11-3-4-13(14)17(9-11)15(18)12-5-8-20-10-12/h5,8,10-11,13-14H,3-4,6-7,9H2,1-2H3. The molecule has 1 aromatic rings. The van der Waals surface area contributed by atoms with E-state index < -0.39 is 0 Å². The molecular weight excluding hydrogens is 272 g/mol. The Hall–Kier alpha value is -0.910. The molecule has 0 radical (unpaired) electrons. The van der Waals surface area contributed by atoms with E-state index in [4.69, 9.17) is 4.74 Å². The van der Waals surface area contributed by atoms with Crippen molar-refractivity contribution >= 4 is 17.2 Å². The van der Waals surface area contributed by atoms with Gasteiger partial charge in [-0.1, -0.05) is 0 Å². The summed E-state index contributed by atoms with van der Waals surface area (Å²) >= 11 is 1.58. The quantitative estimate of drug-likeness (QED) is 0.832. The summed E-state index contributed by atoms with van der Waals surface area (Å²) in [6.07, 6.45) is 2.54. The molecule has 1 saturated carbocycles. The number of piperidine rings is 1. The Morgan fingerprint density at radius 3 is 3.05 bits per heavy atom. The van der Waals surface area contributed by atoms with Gasteiger partial charge in [0, 0.05) is 24.4 Å². The van der Waals surface area contributed by atoms with Gasteiger partial charge in [-0.25, -0.2) is 0 Å². The second kappa shape index (κ2) is 5.84. The number of rotatable bonds is 5. The zero-order chi connectivity index (χ0) is 14.1. The van der Waals surface area contributed by atoms with Crippen LogP contribution in [-0.4, -0.2) is 61.6 Å². The fourth-order valence-corrected chi connectivity index (χ4v) is 3.98. The van der Waals surface area contributed by atoms with Crippen LogP contribution in [0.4, 0.5) is 0 Å². The van der Waals surface area contributed by atoms with E-state index in [0.717, 1.165) is 31.7 Å². The molecule has 3 rings (SSSR count). The van der Waals surface area contributed by atoms with Crippen molar-refractivity contribution in [3.05, 3.63) is 22.4 Å². The largest absolute Gasteiger partial charge is 0.374 e. The molecule has 2 aliphatic rings. The maximum atomic E-state index is 12.5. The third-order valence-corrected chi connectivity index (χ3v) is 5.07. The number of carbonyl (C=O) groups is 1. The number of carbonyl (C=O) groups excluding carboxylic acids is 1. The van der Waals surface area contributed by atoms with E-state index >= 15 is 0 Å². The number of likely N-dealkylation sites (N-methyl/N-ethyl adjacent to an activating group) is 1. The second-order valence-electron chi connectivity index (χ2n) is 6.01. The molecule has 0 aromatic carbocycles. The van der Waals surface area contributed by atoms with Crippen LogP contribution >= 0.6 is 11.3 Å². The molecule has 1 aliphatic heterocycles. The maximum Gasteiger partial charge on any atom is 0.255 e. The first-order valence-corrected chi connectivity index (χ1v) is 8.20. The number of hydrogen-bond donors (Lipinski definition) is 0. The van der Waals surface area contributed by atoms with Gasteiger partial charge in [-0.05, 0) is 38.4 Å². The van der Waals surface area contributed by atoms with Crippen molar-refractivity contribution in [2.24, 2.45) is 5.92 Å². The zero-order valence-corrected chi connectivity index (χ0v) is 12.9. The van der Waals surface area contributed by atoms with Gasteiger partial charge < -0.3 is 14.5 Å². The molecule has 20 heavy (non-hydrogen) atoms. The molecule has 1 aliphatic carbocycles. The first kappa shape index (κ1) is 14.0. The molecule has 1 saturated heterocycles. The average Bonchev–Trinajstić information content (AvgIpc) is 3.13. The van der Waals surface area contributed by atoms with Gasteiger partial charge in [0.25, 0.3) is 5.91 Å². The summed E-state index contributed by atoms with van der Waals surface area (Å²) in [5.41, 5.74) is 0.828. The van der Waals surface area contributed by atoms with Crippen LogP contribution in [0, 0.1) is 5.92 Å². The minimum Gasteiger partial charge on any atom is -0.374 e. The Morgan fingerprint density at radius 2 is 2.35 bits per heavy atom. The average molecular weight is 294 g/mol. The summed E-state index contributed by atoms with van der Waals surface area (Å²) in [6.45, 7) is 2.56. The van der Waals surface area contributed by atoms with Gasteiger partial charge in [-0.3, -0.25) is 4.79 Å². The molecule has 1 aromatic heterocycles. The first-order chi connectivity index (χ1) is 9.66. The smallest absolute Gasteiger partial charge is 0.255 e. The highest BCUT2D eigenvalue weighted by molar-refractivity contribution is 7.08. The lowest BCUT2D eigenvalue weighted by Crippen LogP contribution is -2.40. The Labute approximate surface area is 124 Å². The zero-order valence-electron chi connectivity index (χ0n) is 12.1. The molecule has 0 spiro atoms. The number of fused-ring (bicyclic) bond motifs is 2. The van der Waals surface area contributed by atoms with Crippen molar-refractivity contribution in [3.63, 3.8) is 0 Å². The fourth-order valence-electron chi connectivity index (χ4n) is 3.35. The molecular formula is C15H22N2O2S. The molecule has 3 atom stereocenters. The predicted molar refractivity (Wildman–Crippen MR) is 80.2 cm³/mol. The van der Waals surface area contributed by atoms with E-state index in [1.54, 1.807) is 11.3 Å². The van der Waals surface area contributed by atoms with E-state index in [0.29, 0.717) is 5.92 Å². The van der Waals surface area contributed by atoms with Crippen LogP contribution in [0.15, 0.2) is 16.8 Å². The molecule has 1 amide bonds. The van der Waals surface area contributed by atoms with E-state index in [9.17, 15) is 4.79 Å². The van der Waals surface area contributed by atoms with E-state index in [2.05, 4.69) is 19.0 Å². The summed E-state index contributed by atoms with van der Waals surface area (Å²) in [7, 11) is 4.11. The Kier molecular flexibility index (Phi) is 4.10. The van der Waals surface area contributed by atoms with Crippen LogP contribution in [0.5, 0.6) is 0 Å². The van der Waals surface area contributed by atoms with Crippen LogP contribution in [0.25, 0.3) is 0 Å². The maximum absolute atomic E-state index is 12.5. The fraction of sp³-hybridized carbons (Fsp3) is 0.667. The Balaban J connectivity index is 1.62. The number of nitrogens with zero attached hydrogens (tertiary/aromatic N) is 2. The molecule has 5 heteroatoms. The monoisotopic (exact) mass is 294 g/mol. The van der Waals surface area contributed by atoms with Gasteiger partial charge in [0.1, 0.15) is 0 Å². The Bertz CT molecular complexity index is 460. The Morgan fingerprint density at radius 1 is 1.50 bits per heavy atom. The lowest BCUT2D eigenvalue weighted by molar-refractivity contribution is 0.0201. The van der Waals surface area contributed by atoms with Crippen molar-refractivity contribution in [2.45, 2.75) is 25.0 Å². The third-order valence-electron chi connectivity index (χ3n) is 4.39.